The van der Waals surface area contributed by atoms with Crippen LogP contribution >= 0.6 is 0 Å². The molecule has 1 aromatic rings. The van der Waals surface area contributed by atoms with Crippen molar-refractivity contribution < 1.29 is 9.90 Å². The Hall–Kier alpha value is -1.15. The zero-order valence-electron chi connectivity index (χ0n) is 9.42. The molecular weight excluding hydrogens is 188 g/mol. The van der Waals surface area contributed by atoms with E-state index in [1.807, 2.05) is 19.9 Å². The lowest BCUT2D eigenvalue weighted by atomic mass is 9.99. The van der Waals surface area contributed by atoms with Crippen LogP contribution in [0, 0.1) is 13.8 Å². The second-order valence-corrected chi connectivity index (χ2v) is 3.97. The number of aliphatic hydroxyl groups excluding tert-OH is 1. The number of aryl methyl sites for hydroxylation is 2. The van der Waals surface area contributed by atoms with Crippen molar-refractivity contribution in [3.05, 3.63) is 34.9 Å². The lowest BCUT2D eigenvalue weighted by Crippen LogP contribution is -2.05. The molecule has 15 heavy (non-hydrogen) atoms. The minimum Gasteiger partial charge on any atom is -0.396 e. The molecule has 0 radical (unpaired) electrons. The minimum atomic E-state index is 0.0958. The van der Waals surface area contributed by atoms with Crippen LogP contribution in [-0.4, -0.2) is 17.5 Å². The minimum absolute atomic E-state index is 0.0958. The Bertz CT molecular complexity index is 342. The highest BCUT2D eigenvalue weighted by atomic mass is 16.3. The molecule has 1 aromatic carbocycles. The molecule has 0 unspecified atom stereocenters. The number of rotatable bonds is 5. The van der Waals surface area contributed by atoms with E-state index in [1.165, 1.54) is 5.56 Å². The summed E-state index contributed by atoms with van der Waals surface area (Å²) in [5.74, 6) is 0.206. The van der Waals surface area contributed by atoms with Gasteiger partial charge in [0.05, 0.1) is 0 Å². The lowest BCUT2D eigenvalue weighted by molar-refractivity contribution is -0.118. The first-order valence-electron chi connectivity index (χ1n) is 5.32. The highest BCUT2D eigenvalue weighted by molar-refractivity contribution is 5.81. The molecule has 1 N–H and O–H groups in total. The van der Waals surface area contributed by atoms with Crippen LogP contribution in [0.1, 0.15) is 29.5 Å². The molecule has 0 spiro atoms. The fraction of sp³-hybridized carbons (Fsp3) is 0.462. The van der Waals surface area contributed by atoms with Gasteiger partial charge in [0.2, 0.25) is 0 Å². The average molecular weight is 206 g/mol. The van der Waals surface area contributed by atoms with E-state index in [4.69, 9.17) is 5.11 Å². The Morgan fingerprint density at radius 2 is 2.07 bits per heavy atom. The van der Waals surface area contributed by atoms with Gasteiger partial charge in [-0.2, -0.15) is 0 Å². The normalized spacial score (nSPS) is 10.3. The lowest BCUT2D eigenvalue weighted by Gasteiger charge is -2.06. The van der Waals surface area contributed by atoms with Gasteiger partial charge in [-0.3, -0.25) is 4.79 Å². The summed E-state index contributed by atoms with van der Waals surface area (Å²) in [6.07, 6.45) is 1.54. The number of hydrogen-bond acceptors (Lipinski definition) is 2. The van der Waals surface area contributed by atoms with Gasteiger partial charge in [0.15, 0.2) is 0 Å². The molecule has 82 valence electrons. The van der Waals surface area contributed by atoms with Crippen molar-refractivity contribution >= 4 is 5.78 Å². The molecule has 0 aliphatic rings. The number of ketones is 1. The maximum Gasteiger partial charge on any atom is 0.137 e. The van der Waals surface area contributed by atoms with E-state index in [9.17, 15) is 4.79 Å². The maximum absolute atomic E-state index is 11.5. The fourth-order valence-corrected chi connectivity index (χ4v) is 1.57. The molecule has 0 aliphatic carbocycles. The van der Waals surface area contributed by atoms with Crippen molar-refractivity contribution in [2.45, 2.75) is 33.1 Å². The standard InChI is InChI=1S/C13H18O2/c1-10-5-6-11(2)12(8-10)9-13(15)4-3-7-14/h5-6,8,14H,3-4,7,9H2,1-2H3. The Balaban J connectivity index is 2.63. The van der Waals surface area contributed by atoms with Crippen LogP contribution in [0.3, 0.4) is 0 Å². The topological polar surface area (TPSA) is 37.3 Å². The van der Waals surface area contributed by atoms with Crippen molar-refractivity contribution in [1.82, 2.24) is 0 Å². The predicted octanol–water partition coefficient (Wildman–Crippen LogP) is 2.19. The second kappa shape index (κ2) is 5.66. The average Bonchev–Trinajstić information content (AvgIpc) is 2.20. The van der Waals surface area contributed by atoms with E-state index in [-0.39, 0.29) is 12.4 Å². The van der Waals surface area contributed by atoms with Crippen molar-refractivity contribution in [2.24, 2.45) is 0 Å². The highest BCUT2D eigenvalue weighted by Crippen LogP contribution is 2.12. The maximum atomic E-state index is 11.5. The van der Waals surface area contributed by atoms with Gasteiger partial charge in [-0.15, -0.1) is 0 Å². The molecule has 0 aromatic heterocycles. The quantitative estimate of drug-likeness (QED) is 0.801. The number of aliphatic hydroxyl groups is 1. The number of carbonyl (C=O) groups excluding carboxylic acids is 1. The number of carbonyl (C=O) groups is 1. The summed E-state index contributed by atoms with van der Waals surface area (Å²) in [5.41, 5.74) is 3.46. The van der Waals surface area contributed by atoms with Crippen molar-refractivity contribution in [3.8, 4) is 0 Å². The summed E-state index contributed by atoms with van der Waals surface area (Å²) in [7, 11) is 0. The van der Waals surface area contributed by atoms with Crippen LogP contribution < -0.4 is 0 Å². The van der Waals surface area contributed by atoms with Gasteiger partial charge in [0, 0.05) is 19.4 Å². The Labute approximate surface area is 90.9 Å². The zero-order valence-corrected chi connectivity index (χ0v) is 9.42. The van der Waals surface area contributed by atoms with E-state index in [0.29, 0.717) is 19.3 Å². The van der Waals surface area contributed by atoms with Gasteiger partial charge in [-0.25, -0.2) is 0 Å². The molecule has 0 amide bonds. The SMILES string of the molecule is Cc1ccc(C)c(CC(=O)CCCO)c1. The summed E-state index contributed by atoms with van der Waals surface area (Å²) in [6.45, 7) is 4.15. The van der Waals surface area contributed by atoms with E-state index in [0.717, 1.165) is 11.1 Å². The first kappa shape index (κ1) is 11.9. The molecule has 2 nitrogen and oxygen atoms in total. The number of hydrogen-bond donors (Lipinski definition) is 1. The van der Waals surface area contributed by atoms with Crippen LogP contribution in [0.2, 0.25) is 0 Å². The van der Waals surface area contributed by atoms with Crippen LogP contribution in [-0.2, 0) is 11.2 Å². The molecule has 0 atom stereocenters. The monoisotopic (exact) mass is 206 g/mol. The molecule has 0 heterocycles. The van der Waals surface area contributed by atoms with E-state index < -0.39 is 0 Å². The molecule has 0 saturated carbocycles. The summed E-state index contributed by atoms with van der Waals surface area (Å²) < 4.78 is 0. The first-order valence-corrected chi connectivity index (χ1v) is 5.32. The molecule has 2 heteroatoms. The summed E-state index contributed by atoms with van der Waals surface area (Å²) >= 11 is 0. The van der Waals surface area contributed by atoms with Gasteiger partial charge in [-0.1, -0.05) is 23.8 Å². The van der Waals surface area contributed by atoms with Crippen molar-refractivity contribution in [2.75, 3.05) is 6.61 Å². The summed E-state index contributed by atoms with van der Waals surface area (Å²) in [4.78, 5) is 11.5. The van der Waals surface area contributed by atoms with Gasteiger partial charge < -0.3 is 5.11 Å². The van der Waals surface area contributed by atoms with E-state index >= 15 is 0 Å². The van der Waals surface area contributed by atoms with Crippen molar-refractivity contribution in [3.63, 3.8) is 0 Å². The molecule has 0 fully saturated rings. The van der Waals surface area contributed by atoms with Gasteiger partial charge >= 0.3 is 0 Å². The smallest absolute Gasteiger partial charge is 0.137 e. The first-order chi connectivity index (χ1) is 7.13. The van der Waals surface area contributed by atoms with Crippen molar-refractivity contribution in [1.29, 1.82) is 0 Å². The summed E-state index contributed by atoms with van der Waals surface area (Å²) in [6, 6.07) is 6.16. The van der Waals surface area contributed by atoms with Crippen LogP contribution in [0.5, 0.6) is 0 Å². The largest absolute Gasteiger partial charge is 0.396 e. The third-order valence-electron chi connectivity index (χ3n) is 2.51. The number of Topliss-reactive ketones (excluding diaryl/α,β-unsaturated/α-hetero) is 1. The van der Waals surface area contributed by atoms with E-state index in [2.05, 4.69) is 12.1 Å². The Morgan fingerprint density at radius 1 is 1.33 bits per heavy atom. The van der Waals surface area contributed by atoms with Crippen LogP contribution in [0.25, 0.3) is 0 Å². The van der Waals surface area contributed by atoms with Crippen LogP contribution in [0.15, 0.2) is 18.2 Å². The zero-order chi connectivity index (χ0) is 11.3. The van der Waals surface area contributed by atoms with Crippen LogP contribution in [0.4, 0.5) is 0 Å². The molecule has 0 saturated heterocycles. The second-order valence-electron chi connectivity index (χ2n) is 3.97. The van der Waals surface area contributed by atoms with Gasteiger partial charge in [0.25, 0.3) is 0 Å². The molecular formula is C13H18O2. The van der Waals surface area contributed by atoms with E-state index in [1.54, 1.807) is 0 Å². The third kappa shape index (κ3) is 3.84. The van der Waals surface area contributed by atoms with Gasteiger partial charge in [0.1, 0.15) is 5.78 Å². The Kier molecular flexibility index (Phi) is 4.50. The fourth-order valence-electron chi connectivity index (χ4n) is 1.57. The van der Waals surface area contributed by atoms with Gasteiger partial charge in [-0.05, 0) is 31.4 Å². The molecule has 0 aliphatic heterocycles. The molecule has 1 rings (SSSR count). The predicted molar refractivity (Wildman–Crippen MR) is 60.9 cm³/mol. The Morgan fingerprint density at radius 3 is 2.73 bits per heavy atom. The highest BCUT2D eigenvalue weighted by Gasteiger charge is 2.05. The summed E-state index contributed by atoms with van der Waals surface area (Å²) in [5, 5.41) is 8.63. The molecule has 0 bridgehead atoms. The number of benzene rings is 1. The third-order valence-corrected chi connectivity index (χ3v) is 2.51.